The third kappa shape index (κ3) is 4.90. The molecule has 0 bridgehead atoms. The number of thiocarbonyl (C=S) groups is 1. The van der Waals surface area contributed by atoms with Crippen molar-refractivity contribution in [1.29, 1.82) is 0 Å². The molecule has 0 spiro atoms. The van der Waals surface area contributed by atoms with Gasteiger partial charge in [-0.05, 0) is 43.3 Å². The van der Waals surface area contributed by atoms with Gasteiger partial charge < -0.3 is 20.3 Å². The Morgan fingerprint density at radius 1 is 1.26 bits per heavy atom. The number of nitrogens with one attached hydrogen (secondary N) is 2. The molecular formula is C18H28N4O3S2. The van der Waals surface area contributed by atoms with E-state index in [-0.39, 0.29) is 4.90 Å². The fraction of sp³-hybridized carbons (Fsp3) is 0.611. The summed E-state index contributed by atoms with van der Waals surface area (Å²) < 4.78 is 32.7. The highest BCUT2D eigenvalue weighted by Gasteiger charge is 2.26. The Hall–Kier alpha value is -1.42. The van der Waals surface area contributed by atoms with Crippen LogP contribution in [0.25, 0.3) is 0 Å². The minimum absolute atomic E-state index is 0.278. The average Bonchev–Trinajstić information content (AvgIpc) is 3.47. The number of ether oxygens (including phenoxy) is 1. The highest BCUT2D eigenvalue weighted by molar-refractivity contribution is 7.89. The van der Waals surface area contributed by atoms with E-state index in [2.05, 4.69) is 15.5 Å². The van der Waals surface area contributed by atoms with Gasteiger partial charge in [-0.3, -0.25) is 0 Å². The molecule has 9 heteroatoms. The molecule has 150 valence electrons. The molecule has 27 heavy (non-hydrogen) atoms. The summed E-state index contributed by atoms with van der Waals surface area (Å²) in [7, 11) is -3.53. The van der Waals surface area contributed by atoms with Gasteiger partial charge in [-0.2, -0.15) is 4.31 Å². The minimum atomic E-state index is -3.53. The second-order valence-corrected chi connectivity index (χ2v) is 9.09. The van der Waals surface area contributed by atoms with Crippen LogP contribution in [0.1, 0.15) is 26.7 Å². The molecule has 0 atom stereocenters. The molecule has 2 fully saturated rings. The molecule has 1 heterocycles. The summed E-state index contributed by atoms with van der Waals surface area (Å²) in [6.07, 6.45) is 2.24. The minimum Gasteiger partial charge on any atom is -0.378 e. The molecule has 1 aromatic rings. The van der Waals surface area contributed by atoms with Gasteiger partial charge in [-0.25, -0.2) is 8.42 Å². The first kappa shape index (κ1) is 20.3. The molecule has 2 N–H and O–H groups in total. The smallest absolute Gasteiger partial charge is 0.243 e. The summed E-state index contributed by atoms with van der Waals surface area (Å²) >= 11 is 5.42. The topological polar surface area (TPSA) is 73.9 Å². The fourth-order valence-electron chi connectivity index (χ4n) is 3.14. The van der Waals surface area contributed by atoms with Crippen LogP contribution in [0.4, 0.5) is 11.4 Å². The van der Waals surface area contributed by atoms with E-state index in [1.54, 1.807) is 12.1 Å². The number of anilines is 2. The van der Waals surface area contributed by atoms with Crippen LogP contribution in [0.15, 0.2) is 23.1 Å². The second-order valence-electron chi connectivity index (χ2n) is 6.74. The first-order valence-corrected chi connectivity index (χ1v) is 11.3. The van der Waals surface area contributed by atoms with Crippen LogP contribution in [0.2, 0.25) is 0 Å². The third-order valence-electron chi connectivity index (χ3n) is 4.82. The lowest BCUT2D eigenvalue weighted by molar-refractivity contribution is 0.123. The summed E-state index contributed by atoms with van der Waals surface area (Å²) in [5.74, 6) is 0. The van der Waals surface area contributed by atoms with Crippen molar-refractivity contribution in [3.05, 3.63) is 18.2 Å². The molecule has 0 unspecified atom stereocenters. The lowest BCUT2D eigenvalue weighted by Gasteiger charge is -2.31. The van der Waals surface area contributed by atoms with E-state index in [1.165, 1.54) is 4.31 Å². The van der Waals surface area contributed by atoms with Crippen molar-refractivity contribution in [2.45, 2.75) is 37.6 Å². The van der Waals surface area contributed by atoms with E-state index in [0.29, 0.717) is 43.1 Å². The van der Waals surface area contributed by atoms with E-state index >= 15 is 0 Å². The number of hydrogen-bond acceptors (Lipinski definition) is 5. The van der Waals surface area contributed by atoms with Crippen LogP contribution in [-0.4, -0.2) is 63.3 Å². The van der Waals surface area contributed by atoms with Gasteiger partial charge in [0.05, 0.1) is 29.5 Å². The molecule has 0 aromatic heterocycles. The molecule has 1 aliphatic carbocycles. The standard InChI is InChI=1S/C18H28N4O3S2/c1-3-22(4-2)27(23,24)15-7-8-17(21-9-11-25-12-10-21)16(13-15)20-18(26)19-14-5-6-14/h7-8,13-14H,3-6,9-12H2,1-2H3,(H2,19,20,26). The number of benzene rings is 1. The van der Waals surface area contributed by atoms with Crippen molar-refractivity contribution in [2.24, 2.45) is 0 Å². The van der Waals surface area contributed by atoms with Gasteiger partial charge in [-0.1, -0.05) is 13.8 Å². The number of sulfonamides is 1. The number of morpholine rings is 1. The molecule has 1 aromatic carbocycles. The lowest BCUT2D eigenvalue weighted by atomic mass is 10.2. The summed E-state index contributed by atoms with van der Waals surface area (Å²) in [4.78, 5) is 2.47. The van der Waals surface area contributed by atoms with E-state index in [4.69, 9.17) is 17.0 Å². The molecule has 1 aliphatic heterocycles. The Balaban J connectivity index is 1.92. The van der Waals surface area contributed by atoms with Crippen molar-refractivity contribution in [2.75, 3.05) is 49.6 Å². The molecule has 2 aliphatic rings. The van der Waals surface area contributed by atoms with Gasteiger partial charge >= 0.3 is 0 Å². The van der Waals surface area contributed by atoms with Gasteiger partial charge in [-0.15, -0.1) is 0 Å². The predicted molar refractivity (Wildman–Crippen MR) is 112 cm³/mol. The summed E-state index contributed by atoms with van der Waals surface area (Å²) in [5.41, 5.74) is 1.65. The summed E-state index contributed by atoms with van der Waals surface area (Å²) in [6.45, 7) is 7.41. The second kappa shape index (κ2) is 8.72. The zero-order valence-electron chi connectivity index (χ0n) is 15.9. The van der Waals surface area contributed by atoms with Crippen molar-refractivity contribution < 1.29 is 13.2 Å². The van der Waals surface area contributed by atoms with Crippen molar-refractivity contribution in [1.82, 2.24) is 9.62 Å². The largest absolute Gasteiger partial charge is 0.378 e. The zero-order chi connectivity index (χ0) is 19.4. The molecule has 0 amide bonds. The van der Waals surface area contributed by atoms with Gasteiger partial charge in [0.1, 0.15) is 0 Å². The summed E-state index contributed by atoms with van der Waals surface area (Å²) in [5, 5.41) is 7.01. The first-order valence-electron chi connectivity index (χ1n) is 9.50. The van der Waals surface area contributed by atoms with Gasteiger partial charge in [0.25, 0.3) is 0 Å². The Morgan fingerprint density at radius 2 is 1.93 bits per heavy atom. The van der Waals surface area contributed by atoms with Crippen LogP contribution in [0, 0.1) is 0 Å². The number of hydrogen-bond donors (Lipinski definition) is 2. The zero-order valence-corrected chi connectivity index (χ0v) is 17.5. The van der Waals surface area contributed by atoms with Crippen molar-refractivity contribution in [3.63, 3.8) is 0 Å². The van der Waals surface area contributed by atoms with Gasteiger partial charge in [0.2, 0.25) is 10.0 Å². The maximum atomic E-state index is 12.9. The molecule has 1 saturated carbocycles. The van der Waals surface area contributed by atoms with Crippen LogP contribution in [-0.2, 0) is 14.8 Å². The first-order chi connectivity index (χ1) is 13.0. The van der Waals surface area contributed by atoms with Crippen molar-refractivity contribution in [3.8, 4) is 0 Å². The molecule has 0 radical (unpaired) electrons. The van der Waals surface area contributed by atoms with Gasteiger partial charge in [0, 0.05) is 32.2 Å². The maximum Gasteiger partial charge on any atom is 0.243 e. The molecule has 3 rings (SSSR count). The van der Waals surface area contributed by atoms with E-state index < -0.39 is 10.0 Å². The van der Waals surface area contributed by atoms with E-state index in [0.717, 1.165) is 31.6 Å². The Morgan fingerprint density at radius 3 is 2.52 bits per heavy atom. The highest BCUT2D eigenvalue weighted by Crippen LogP contribution is 2.31. The Kier molecular flexibility index (Phi) is 6.56. The fourth-order valence-corrected chi connectivity index (χ4v) is 4.90. The van der Waals surface area contributed by atoms with E-state index in [1.807, 2.05) is 19.9 Å². The number of rotatable bonds is 7. The molecule has 7 nitrogen and oxygen atoms in total. The maximum absolute atomic E-state index is 12.9. The number of nitrogens with zero attached hydrogens (tertiary/aromatic N) is 2. The highest BCUT2D eigenvalue weighted by atomic mass is 32.2. The third-order valence-corrected chi connectivity index (χ3v) is 7.09. The lowest BCUT2D eigenvalue weighted by Crippen LogP contribution is -2.37. The molecular weight excluding hydrogens is 384 g/mol. The Labute approximate surface area is 167 Å². The summed E-state index contributed by atoms with van der Waals surface area (Å²) in [6, 6.07) is 5.67. The van der Waals surface area contributed by atoms with Crippen LogP contribution >= 0.6 is 12.2 Å². The average molecular weight is 413 g/mol. The van der Waals surface area contributed by atoms with Crippen LogP contribution in [0.5, 0.6) is 0 Å². The molecule has 1 saturated heterocycles. The van der Waals surface area contributed by atoms with Crippen LogP contribution < -0.4 is 15.5 Å². The monoisotopic (exact) mass is 412 g/mol. The SMILES string of the molecule is CCN(CC)S(=O)(=O)c1ccc(N2CCOCC2)c(NC(=S)NC2CC2)c1. The normalized spacial score (nSPS) is 17.8. The van der Waals surface area contributed by atoms with Crippen LogP contribution in [0.3, 0.4) is 0 Å². The predicted octanol–water partition coefficient (Wildman–Crippen LogP) is 2.00. The quantitative estimate of drug-likeness (QED) is 0.664. The van der Waals surface area contributed by atoms with Crippen molar-refractivity contribution >= 4 is 38.7 Å². The Bertz CT molecular complexity index is 771. The van der Waals surface area contributed by atoms with Gasteiger partial charge in [0.15, 0.2) is 5.11 Å². The van der Waals surface area contributed by atoms with E-state index in [9.17, 15) is 8.42 Å².